The number of thiophene rings is 1. The Kier molecular flexibility index (Phi) is 5.29. The van der Waals surface area contributed by atoms with Gasteiger partial charge in [-0.15, -0.1) is 11.3 Å². The summed E-state index contributed by atoms with van der Waals surface area (Å²) in [4.78, 5) is 13.5. The molecule has 1 aliphatic rings. The fraction of sp³-hybridized carbons (Fsp3) is 0.286. The van der Waals surface area contributed by atoms with Crippen LogP contribution in [0.3, 0.4) is 0 Å². The van der Waals surface area contributed by atoms with Gasteiger partial charge in [0, 0.05) is 23.9 Å². The van der Waals surface area contributed by atoms with E-state index in [0.29, 0.717) is 12.0 Å². The summed E-state index contributed by atoms with van der Waals surface area (Å²) in [5.74, 6) is -0.211. The van der Waals surface area contributed by atoms with Crippen LogP contribution in [0.25, 0.3) is 0 Å². The summed E-state index contributed by atoms with van der Waals surface area (Å²) in [6, 6.07) is 10.1. The molecule has 3 unspecified atom stereocenters. The lowest BCUT2D eigenvalue weighted by Gasteiger charge is -2.18. The maximum atomic E-state index is 14.4. The minimum Gasteiger partial charge on any atom is -0.337 e. The number of pyridine rings is 1. The smallest absolute Gasteiger partial charge is 0.314 e. The number of aryl methyl sites for hydroxylation is 2. The van der Waals surface area contributed by atoms with Crippen molar-refractivity contribution in [1.29, 1.82) is 0 Å². The fourth-order valence-electron chi connectivity index (χ4n) is 3.53. The summed E-state index contributed by atoms with van der Waals surface area (Å²) in [6.45, 7) is 3.41. The molecule has 158 valence electrons. The van der Waals surface area contributed by atoms with Gasteiger partial charge in [0.2, 0.25) is 0 Å². The lowest BCUT2D eigenvalue weighted by molar-refractivity contribution is 0.500. The second kappa shape index (κ2) is 7.64. The highest BCUT2D eigenvalue weighted by molar-refractivity contribution is 7.99. The van der Waals surface area contributed by atoms with Crippen LogP contribution in [0.4, 0.5) is 21.6 Å². The molecule has 1 fully saturated rings. The molecule has 30 heavy (non-hydrogen) atoms. The van der Waals surface area contributed by atoms with E-state index in [1.54, 1.807) is 44.4 Å². The Labute approximate surface area is 179 Å². The molecule has 2 aromatic heterocycles. The molecule has 0 radical (unpaired) electrons. The molecule has 2 heterocycles. The molecule has 0 spiro atoms. The highest BCUT2D eigenvalue weighted by atomic mass is 32.3. The van der Waals surface area contributed by atoms with E-state index in [2.05, 4.69) is 10.0 Å². The van der Waals surface area contributed by atoms with Crippen molar-refractivity contribution in [2.45, 2.75) is 31.4 Å². The number of hydrogen-bond acceptors (Lipinski definition) is 4. The van der Waals surface area contributed by atoms with Crippen molar-refractivity contribution in [2.24, 2.45) is 7.05 Å². The van der Waals surface area contributed by atoms with Crippen molar-refractivity contribution in [3.05, 3.63) is 74.0 Å². The fourth-order valence-corrected chi connectivity index (χ4v) is 6.21. The Balaban J connectivity index is 1.67. The maximum absolute atomic E-state index is 14.4. The lowest BCUT2D eigenvalue weighted by Crippen LogP contribution is -2.29. The number of nitrogens with zero attached hydrogens (tertiary/aromatic N) is 1. The van der Waals surface area contributed by atoms with Crippen LogP contribution in [0.15, 0.2) is 46.6 Å². The monoisotopic (exact) mass is 448 g/mol. The normalized spacial score (nSPS) is 19.9. The predicted octanol–water partition coefficient (Wildman–Crippen LogP) is 4.80. The standard InChI is InChI=1S/C21H22FN3O3S2/c1-12-6-7-16(15(22)9-12)23-20-17(10-13(2)21(26)25(20)3)24-30(27,28)19-11-14(19)18-5-4-8-29-18/h4-10,14,19H,11H2,1-3H3,(H2-,23,24,26,27,28)/p+1. The average molecular weight is 449 g/mol. The number of anilines is 3. The number of nitrogens with one attached hydrogen (secondary N) is 2. The molecule has 6 nitrogen and oxygen atoms in total. The lowest BCUT2D eigenvalue weighted by atomic mass is 10.2. The highest BCUT2D eigenvalue weighted by Crippen LogP contribution is 2.50. The van der Waals surface area contributed by atoms with E-state index in [1.807, 2.05) is 17.5 Å². The van der Waals surface area contributed by atoms with Crippen molar-refractivity contribution in [1.82, 2.24) is 4.57 Å². The summed E-state index contributed by atoms with van der Waals surface area (Å²) >= 11 is 1.57. The second-order valence-corrected chi connectivity index (χ2v) is 10.6. The first-order valence-corrected chi connectivity index (χ1v) is 11.9. The molecule has 0 bridgehead atoms. The van der Waals surface area contributed by atoms with Crippen molar-refractivity contribution < 1.29 is 13.2 Å². The Bertz CT molecular complexity index is 1210. The third-order valence-corrected chi connectivity index (χ3v) is 8.14. The largest absolute Gasteiger partial charge is 0.337 e. The van der Waals surface area contributed by atoms with Crippen LogP contribution in [-0.2, 0) is 21.7 Å². The third-order valence-electron chi connectivity index (χ3n) is 5.28. The van der Waals surface area contributed by atoms with Gasteiger partial charge in [0.1, 0.15) is 17.3 Å². The molecule has 0 amide bonds. The van der Waals surface area contributed by atoms with Gasteiger partial charge in [-0.3, -0.25) is 9.36 Å². The highest BCUT2D eigenvalue weighted by Gasteiger charge is 2.58. The summed E-state index contributed by atoms with van der Waals surface area (Å²) in [5, 5.41) is 4.45. The van der Waals surface area contributed by atoms with Crippen LogP contribution >= 0.6 is 11.3 Å². The molecule has 1 aliphatic carbocycles. The van der Waals surface area contributed by atoms with Crippen LogP contribution < -0.4 is 15.6 Å². The Morgan fingerprint density at radius 1 is 1.23 bits per heavy atom. The van der Waals surface area contributed by atoms with Gasteiger partial charge >= 0.3 is 10.4 Å². The Morgan fingerprint density at radius 3 is 2.67 bits per heavy atom. The number of rotatable bonds is 6. The molecule has 3 aromatic rings. The zero-order valence-corrected chi connectivity index (χ0v) is 18.4. The van der Waals surface area contributed by atoms with Crippen LogP contribution in [0.2, 0.25) is 0 Å². The van der Waals surface area contributed by atoms with E-state index in [4.69, 9.17) is 0 Å². The zero-order valence-electron chi connectivity index (χ0n) is 16.8. The van der Waals surface area contributed by atoms with E-state index in [0.717, 1.165) is 10.4 Å². The predicted molar refractivity (Wildman–Crippen MR) is 121 cm³/mol. The number of halogens is 1. The Morgan fingerprint density at radius 2 is 2.00 bits per heavy atom. The molecule has 1 aromatic carbocycles. The van der Waals surface area contributed by atoms with Gasteiger partial charge in [0.05, 0.1) is 11.6 Å². The van der Waals surface area contributed by atoms with E-state index in [9.17, 15) is 17.9 Å². The van der Waals surface area contributed by atoms with Crippen molar-refractivity contribution >= 4 is 38.9 Å². The van der Waals surface area contributed by atoms with E-state index >= 15 is 0 Å². The topological polar surface area (TPSA) is 83.4 Å². The summed E-state index contributed by atoms with van der Waals surface area (Å²) in [7, 11) is -1.89. The number of aromatic nitrogens is 1. The van der Waals surface area contributed by atoms with Crippen LogP contribution in [-0.4, -0.2) is 14.4 Å². The van der Waals surface area contributed by atoms with Crippen molar-refractivity contribution in [3.63, 3.8) is 0 Å². The van der Waals surface area contributed by atoms with Gasteiger partial charge in [-0.2, -0.15) is 9.27 Å². The van der Waals surface area contributed by atoms with Crippen LogP contribution in [0.5, 0.6) is 0 Å². The van der Waals surface area contributed by atoms with Gasteiger partial charge in [0.25, 0.3) is 5.56 Å². The zero-order chi connectivity index (χ0) is 21.6. The molecule has 3 atom stereocenters. The number of benzene rings is 1. The van der Waals surface area contributed by atoms with Crippen molar-refractivity contribution in [2.75, 3.05) is 10.0 Å². The van der Waals surface area contributed by atoms with Crippen LogP contribution in [0, 0.1) is 19.7 Å². The first-order chi connectivity index (χ1) is 14.2. The second-order valence-electron chi connectivity index (χ2n) is 7.63. The maximum Gasteiger partial charge on any atom is 0.314 e. The van der Waals surface area contributed by atoms with E-state index < -0.39 is 21.5 Å². The van der Waals surface area contributed by atoms with Gasteiger partial charge in [0.15, 0.2) is 5.25 Å². The minimum absolute atomic E-state index is 0.0366. The van der Waals surface area contributed by atoms with E-state index in [-0.39, 0.29) is 28.7 Å². The minimum atomic E-state index is -3.44. The molecular weight excluding hydrogens is 425 g/mol. The molecule has 0 aliphatic heterocycles. The van der Waals surface area contributed by atoms with Gasteiger partial charge in [-0.25, -0.2) is 4.39 Å². The Hall–Kier alpha value is -2.49. The SMILES string of the molecule is Cc1ccc(Nc2c(N[S+](=O)(O)C3CC3c3cccs3)cc(C)c(=O)n2C)c(F)c1. The molecule has 1 saturated carbocycles. The van der Waals surface area contributed by atoms with Gasteiger partial charge < -0.3 is 5.32 Å². The third kappa shape index (κ3) is 3.92. The summed E-state index contributed by atoms with van der Waals surface area (Å²) in [5.41, 5.74) is 1.35. The van der Waals surface area contributed by atoms with E-state index in [1.165, 1.54) is 16.7 Å². The van der Waals surface area contributed by atoms with Gasteiger partial charge in [-0.1, -0.05) is 12.1 Å². The van der Waals surface area contributed by atoms with Crippen LogP contribution in [0.1, 0.15) is 28.3 Å². The number of hydrogen-bond donors (Lipinski definition) is 3. The first-order valence-electron chi connectivity index (χ1n) is 9.48. The molecule has 9 heteroatoms. The van der Waals surface area contributed by atoms with Crippen molar-refractivity contribution in [3.8, 4) is 0 Å². The summed E-state index contributed by atoms with van der Waals surface area (Å²) < 4.78 is 42.3. The average Bonchev–Trinajstić information content (AvgIpc) is 3.32. The molecule has 0 saturated heterocycles. The summed E-state index contributed by atoms with van der Waals surface area (Å²) in [6.07, 6.45) is 0.614. The molecule has 3 N–H and O–H groups in total. The molecule has 4 rings (SSSR count). The molecular formula is C21H23FN3O3S2+. The first kappa shape index (κ1) is 20.8. The van der Waals surface area contributed by atoms with Gasteiger partial charge in [-0.05, 0) is 53.3 Å². The quantitative estimate of drug-likeness (QED) is 0.473.